The summed E-state index contributed by atoms with van der Waals surface area (Å²) in [6.45, 7) is 3.78. The summed E-state index contributed by atoms with van der Waals surface area (Å²) in [5.74, 6) is 0.725. The lowest BCUT2D eigenvalue weighted by atomic mass is 9.97. The van der Waals surface area contributed by atoms with Gasteiger partial charge in [-0.1, -0.05) is 46.3 Å². The fraction of sp³-hybridized carbons (Fsp3) is 0.571. The summed E-state index contributed by atoms with van der Waals surface area (Å²) in [5.41, 5.74) is 1.43. The third-order valence-electron chi connectivity index (χ3n) is 2.69. The van der Waals surface area contributed by atoms with Crippen molar-refractivity contribution in [2.45, 2.75) is 26.2 Å². The van der Waals surface area contributed by atoms with Crippen molar-refractivity contribution >= 4 is 15.9 Å². The lowest BCUT2D eigenvalue weighted by molar-refractivity contribution is 0.140. The maximum Gasteiger partial charge on any atom is 0.0466 e. The lowest BCUT2D eigenvalue weighted by Crippen LogP contribution is -2.08. The standard InChI is InChI=1S/C14H21BrO/c1-2-16-10-6-9-14(12-15)11-13-7-4-3-5-8-13/h3-5,7-8,14H,2,6,9-12H2,1H3. The van der Waals surface area contributed by atoms with Gasteiger partial charge in [-0.2, -0.15) is 0 Å². The van der Waals surface area contributed by atoms with Gasteiger partial charge in [0.15, 0.2) is 0 Å². The average molecular weight is 285 g/mol. The number of hydrogen-bond acceptors (Lipinski definition) is 1. The van der Waals surface area contributed by atoms with Crippen LogP contribution in [0.1, 0.15) is 25.3 Å². The molecule has 16 heavy (non-hydrogen) atoms. The molecule has 0 bridgehead atoms. The first-order valence-corrected chi connectivity index (χ1v) is 7.16. The van der Waals surface area contributed by atoms with Crippen molar-refractivity contribution in [2.75, 3.05) is 18.5 Å². The van der Waals surface area contributed by atoms with Gasteiger partial charge in [0.25, 0.3) is 0 Å². The first-order valence-electron chi connectivity index (χ1n) is 6.04. The number of benzene rings is 1. The van der Waals surface area contributed by atoms with E-state index in [1.165, 1.54) is 12.0 Å². The molecule has 0 spiro atoms. The maximum absolute atomic E-state index is 5.36. The van der Waals surface area contributed by atoms with Crippen LogP contribution in [0.15, 0.2) is 30.3 Å². The Balaban J connectivity index is 2.26. The molecule has 0 heterocycles. The Morgan fingerprint density at radius 2 is 2.00 bits per heavy atom. The van der Waals surface area contributed by atoms with Crippen molar-refractivity contribution in [3.63, 3.8) is 0 Å². The Bertz CT molecular complexity index is 261. The van der Waals surface area contributed by atoms with Crippen molar-refractivity contribution in [1.29, 1.82) is 0 Å². The molecule has 90 valence electrons. The highest BCUT2D eigenvalue weighted by molar-refractivity contribution is 9.09. The van der Waals surface area contributed by atoms with Crippen molar-refractivity contribution in [3.8, 4) is 0 Å². The minimum Gasteiger partial charge on any atom is -0.382 e. The Morgan fingerprint density at radius 1 is 1.25 bits per heavy atom. The van der Waals surface area contributed by atoms with E-state index in [2.05, 4.69) is 46.3 Å². The van der Waals surface area contributed by atoms with Gasteiger partial charge in [-0.15, -0.1) is 0 Å². The quantitative estimate of drug-likeness (QED) is 0.517. The summed E-state index contributed by atoms with van der Waals surface area (Å²) in [5, 5.41) is 1.08. The fourth-order valence-corrected chi connectivity index (χ4v) is 2.35. The molecule has 0 aliphatic carbocycles. The third-order valence-corrected chi connectivity index (χ3v) is 3.61. The Kier molecular flexibility index (Phi) is 7.52. The topological polar surface area (TPSA) is 9.23 Å². The van der Waals surface area contributed by atoms with Gasteiger partial charge in [0.2, 0.25) is 0 Å². The Labute approximate surface area is 107 Å². The van der Waals surface area contributed by atoms with E-state index < -0.39 is 0 Å². The molecule has 0 amide bonds. The molecular weight excluding hydrogens is 264 g/mol. The van der Waals surface area contributed by atoms with Gasteiger partial charge in [0, 0.05) is 18.5 Å². The fourth-order valence-electron chi connectivity index (χ4n) is 1.80. The van der Waals surface area contributed by atoms with Gasteiger partial charge in [-0.25, -0.2) is 0 Å². The average Bonchev–Trinajstić information content (AvgIpc) is 2.34. The first-order chi connectivity index (χ1) is 7.86. The second-order valence-corrected chi connectivity index (χ2v) is 4.70. The maximum atomic E-state index is 5.36. The van der Waals surface area contributed by atoms with E-state index in [9.17, 15) is 0 Å². The Morgan fingerprint density at radius 3 is 2.62 bits per heavy atom. The molecule has 1 nitrogen and oxygen atoms in total. The molecule has 0 saturated heterocycles. The molecule has 1 aromatic rings. The summed E-state index contributed by atoms with van der Waals surface area (Å²) >= 11 is 3.60. The molecule has 0 fully saturated rings. The molecular formula is C14H21BrO. The molecule has 0 radical (unpaired) electrons. The van der Waals surface area contributed by atoms with Crippen LogP contribution in [0, 0.1) is 5.92 Å². The van der Waals surface area contributed by atoms with E-state index >= 15 is 0 Å². The molecule has 1 aromatic carbocycles. The lowest BCUT2D eigenvalue weighted by Gasteiger charge is -2.13. The van der Waals surface area contributed by atoms with Crippen LogP contribution in [0.4, 0.5) is 0 Å². The summed E-state index contributed by atoms with van der Waals surface area (Å²) in [6, 6.07) is 10.7. The second kappa shape index (κ2) is 8.77. The second-order valence-electron chi connectivity index (χ2n) is 4.05. The molecule has 1 rings (SSSR count). The van der Waals surface area contributed by atoms with Crippen molar-refractivity contribution in [2.24, 2.45) is 5.92 Å². The predicted octanol–water partition coefficient (Wildman–Crippen LogP) is 4.06. The first kappa shape index (κ1) is 13.7. The number of hydrogen-bond donors (Lipinski definition) is 0. The van der Waals surface area contributed by atoms with E-state index in [-0.39, 0.29) is 0 Å². The molecule has 0 aliphatic heterocycles. The van der Waals surface area contributed by atoms with Crippen LogP contribution in [0.2, 0.25) is 0 Å². The Hall–Kier alpha value is -0.340. The van der Waals surface area contributed by atoms with Crippen LogP contribution in [-0.4, -0.2) is 18.5 Å². The van der Waals surface area contributed by atoms with Crippen molar-refractivity contribution < 1.29 is 4.74 Å². The minimum absolute atomic E-state index is 0.725. The molecule has 0 aromatic heterocycles. The van der Waals surface area contributed by atoms with Crippen LogP contribution in [0.5, 0.6) is 0 Å². The zero-order valence-electron chi connectivity index (χ0n) is 9.99. The van der Waals surface area contributed by atoms with Crippen LogP contribution in [0.25, 0.3) is 0 Å². The van der Waals surface area contributed by atoms with Crippen molar-refractivity contribution in [3.05, 3.63) is 35.9 Å². The van der Waals surface area contributed by atoms with Gasteiger partial charge >= 0.3 is 0 Å². The van der Waals surface area contributed by atoms with E-state index in [0.717, 1.165) is 37.3 Å². The van der Waals surface area contributed by atoms with E-state index in [1.54, 1.807) is 0 Å². The largest absolute Gasteiger partial charge is 0.382 e. The minimum atomic E-state index is 0.725. The summed E-state index contributed by atoms with van der Waals surface area (Å²) in [6.07, 6.45) is 3.56. The predicted molar refractivity (Wildman–Crippen MR) is 73.2 cm³/mol. The number of halogens is 1. The zero-order valence-corrected chi connectivity index (χ0v) is 11.6. The van der Waals surface area contributed by atoms with Crippen LogP contribution < -0.4 is 0 Å². The molecule has 0 saturated carbocycles. The molecule has 0 N–H and O–H groups in total. The third kappa shape index (κ3) is 5.66. The number of alkyl halides is 1. The molecule has 2 heteroatoms. The summed E-state index contributed by atoms with van der Waals surface area (Å²) < 4.78 is 5.36. The summed E-state index contributed by atoms with van der Waals surface area (Å²) in [7, 11) is 0. The number of ether oxygens (including phenoxy) is 1. The van der Waals surface area contributed by atoms with Crippen LogP contribution in [0.3, 0.4) is 0 Å². The summed E-state index contributed by atoms with van der Waals surface area (Å²) in [4.78, 5) is 0. The highest BCUT2D eigenvalue weighted by Crippen LogP contribution is 2.16. The number of rotatable bonds is 8. The van der Waals surface area contributed by atoms with Crippen molar-refractivity contribution in [1.82, 2.24) is 0 Å². The normalized spacial score (nSPS) is 12.6. The van der Waals surface area contributed by atoms with E-state index in [1.807, 2.05) is 6.92 Å². The van der Waals surface area contributed by atoms with Crippen LogP contribution in [-0.2, 0) is 11.2 Å². The van der Waals surface area contributed by atoms with Gasteiger partial charge in [-0.05, 0) is 37.7 Å². The molecule has 1 atom stereocenters. The highest BCUT2D eigenvalue weighted by Gasteiger charge is 2.07. The van der Waals surface area contributed by atoms with E-state index in [4.69, 9.17) is 4.74 Å². The van der Waals surface area contributed by atoms with Gasteiger partial charge in [0.1, 0.15) is 0 Å². The zero-order chi connectivity index (χ0) is 11.6. The molecule has 1 unspecified atom stereocenters. The highest BCUT2D eigenvalue weighted by atomic mass is 79.9. The van der Waals surface area contributed by atoms with Crippen LogP contribution >= 0.6 is 15.9 Å². The monoisotopic (exact) mass is 284 g/mol. The van der Waals surface area contributed by atoms with Gasteiger partial charge < -0.3 is 4.74 Å². The smallest absolute Gasteiger partial charge is 0.0466 e. The van der Waals surface area contributed by atoms with Gasteiger partial charge in [-0.3, -0.25) is 0 Å². The SMILES string of the molecule is CCOCCCC(CBr)Cc1ccccc1. The van der Waals surface area contributed by atoms with E-state index in [0.29, 0.717) is 0 Å². The van der Waals surface area contributed by atoms with Gasteiger partial charge in [0.05, 0.1) is 0 Å². The molecule has 0 aliphatic rings.